The second kappa shape index (κ2) is 12.9. The van der Waals surface area contributed by atoms with Crippen LogP contribution in [0.15, 0.2) is 60.7 Å². The van der Waals surface area contributed by atoms with Crippen molar-refractivity contribution in [2.45, 2.75) is 39.3 Å². The summed E-state index contributed by atoms with van der Waals surface area (Å²) in [5, 5.41) is 11.9. The SMILES string of the molecule is COc1ccc(-c2ccc(N3CCN(C(=O)CN(C(=O)NC(C)(C)C)[C@@H](C)c4ccccc4)CC3)nn2)cc1OC. The summed E-state index contributed by atoms with van der Waals surface area (Å²) in [5.41, 5.74) is 2.16. The first-order chi connectivity index (χ1) is 19.6. The molecule has 0 bridgehead atoms. The maximum absolute atomic E-state index is 13.4. The third kappa shape index (κ3) is 7.45. The highest BCUT2D eigenvalue weighted by Gasteiger charge is 2.30. The fourth-order valence-corrected chi connectivity index (χ4v) is 4.76. The Morgan fingerprint density at radius 1 is 0.927 bits per heavy atom. The summed E-state index contributed by atoms with van der Waals surface area (Å²) in [5.74, 6) is 1.96. The number of benzene rings is 2. The quantitative estimate of drug-likeness (QED) is 0.436. The van der Waals surface area contributed by atoms with Crippen LogP contribution in [0, 0.1) is 0 Å². The van der Waals surface area contributed by atoms with Gasteiger partial charge in [0.05, 0.1) is 26.0 Å². The molecule has 0 saturated carbocycles. The Hall–Kier alpha value is -4.34. The van der Waals surface area contributed by atoms with Crippen LogP contribution in [0.3, 0.4) is 0 Å². The van der Waals surface area contributed by atoms with Gasteiger partial charge in [-0.2, -0.15) is 0 Å². The van der Waals surface area contributed by atoms with Gasteiger partial charge in [0.1, 0.15) is 6.54 Å². The number of rotatable bonds is 8. The van der Waals surface area contributed by atoms with Crippen LogP contribution < -0.4 is 19.7 Å². The molecule has 2 aromatic carbocycles. The molecule has 1 atom stereocenters. The molecular formula is C31H40N6O4. The highest BCUT2D eigenvalue weighted by molar-refractivity contribution is 5.85. The first-order valence-electron chi connectivity index (χ1n) is 13.8. The van der Waals surface area contributed by atoms with Crippen LogP contribution in [0.2, 0.25) is 0 Å². The average Bonchev–Trinajstić information content (AvgIpc) is 2.98. The van der Waals surface area contributed by atoms with Gasteiger partial charge in [-0.15, -0.1) is 10.2 Å². The second-order valence-electron chi connectivity index (χ2n) is 11.1. The van der Waals surface area contributed by atoms with Crippen LogP contribution in [0.5, 0.6) is 11.5 Å². The molecule has 1 N–H and O–H groups in total. The lowest BCUT2D eigenvalue weighted by Gasteiger charge is -2.38. The predicted octanol–water partition coefficient (Wildman–Crippen LogP) is 4.38. The van der Waals surface area contributed by atoms with Crippen molar-refractivity contribution in [3.63, 3.8) is 0 Å². The standard InChI is InChI=1S/C31H40N6O4/c1-22(23-10-8-7-9-11-23)37(30(39)32-31(2,3)4)21-29(38)36-18-16-35(17-19-36)28-15-13-25(33-34-28)24-12-14-26(40-5)27(20-24)41-6/h7-15,20,22H,16-19,21H2,1-6H3,(H,32,39)/t22-/m0/s1. The fourth-order valence-electron chi connectivity index (χ4n) is 4.76. The van der Waals surface area contributed by atoms with E-state index in [4.69, 9.17) is 9.47 Å². The van der Waals surface area contributed by atoms with Gasteiger partial charge in [0, 0.05) is 37.3 Å². The number of nitrogens with one attached hydrogen (secondary N) is 1. The monoisotopic (exact) mass is 560 g/mol. The minimum absolute atomic E-state index is 0.00218. The molecule has 0 radical (unpaired) electrons. The minimum Gasteiger partial charge on any atom is -0.493 e. The van der Waals surface area contributed by atoms with Crippen LogP contribution >= 0.6 is 0 Å². The molecule has 2 heterocycles. The molecule has 1 saturated heterocycles. The van der Waals surface area contributed by atoms with E-state index in [2.05, 4.69) is 20.4 Å². The van der Waals surface area contributed by atoms with Gasteiger partial charge in [0.15, 0.2) is 17.3 Å². The molecule has 0 unspecified atom stereocenters. The van der Waals surface area contributed by atoms with Crippen molar-refractivity contribution in [2.24, 2.45) is 0 Å². The fraction of sp³-hybridized carbons (Fsp3) is 0.419. The van der Waals surface area contributed by atoms with Crippen molar-refractivity contribution in [3.8, 4) is 22.8 Å². The third-order valence-corrected chi connectivity index (χ3v) is 7.08. The number of hydrogen-bond acceptors (Lipinski definition) is 7. The van der Waals surface area contributed by atoms with E-state index in [0.29, 0.717) is 37.7 Å². The number of carbonyl (C=O) groups excluding carboxylic acids is 2. The molecule has 4 rings (SSSR count). The van der Waals surface area contributed by atoms with Gasteiger partial charge in [-0.05, 0) is 63.6 Å². The Balaban J connectivity index is 1.39. The number of methoxy groups -OCH3 is 2. The number of hydrogen-bond donors (Lipinski definition) is 1. The lowest BCUT2D eigenvalue weighted by Crippen LogP contribution is -2.55. The van der Waals surface area contributed by atoms with E-state index in [9.17, 15) is 9.59 Å². The van der Waals surface area contributed by atoms with Crippen molar-refractivity contribution in [3.05, 3.63) is 66.2 Å². The summed E-state index contributed by atoms with van der Waals surface area (Å²) in [7, 11) is 3.20. The van der Waals surface area contributed by atoms with Gasteiger partial charge in [-0.1, -0.05) is 30.3 Å². The van der Waals surface area contributed by atoms with Crippen molar-refractivity contribution in [1.82, 2.24) is 25.3 Å². The van der Waals surface area contributed by atoms with E-state index in [0.717, 1.165) is 22.6 Å². The average molecular weight is 561 g/mol. The Kier molecular flexibility index (Phi) is 9.31. The minimum atomic E-state index is -0.420. The zero-order valence-corrected chi connectivity index (χ0v) is 24.8. The Labute approximate surface area is 242 Å². The molecule has 1 aliphatic heterocycles. The lowest BCUT2D eigenvalue weighted by atomic mass is 10.1. The van der Waals surface area contributed by atoms with E-state index < -0.39 is 5.54 Å². The van der Waals surface area contributed by atoms with Crippen LogP contribution in [0.1, 0.15) is 39.3 Å². The van der Waals surface area contributed by atoms with Gasteiger partial charge < -0.3 is 29.5 Å². The number of aromatic nitrogens is 2. The number of carbonyl (C=O) groups is 2. The van der Waals surface area contributed by atoms with Gasteiger partial charge in [0.25, 0.3) is 0 Å². The van der Waals surface area contributed by atoms with E-state index in [1.807, 2.05) is 93.3 Å². The second-order valence-corrected chi connectivity index (χ2v) is 11.1. The summed E-state index contributed by atoms with van der Waals surface area (Å²) in [6.45, 7) is 10.1. The lowest BCUT2D eigenvalue weighted by molar-refractivity contribution is -0.132. The van der Waals surface area contributed by atoms with Gasteiger partial charge in [-0.3, -0.25) is 4.79 Å². The molecule has 0 aliphatic carbocycles. The van der Waals surface area contributed by atoms with E-state index in [1.165, 1.54) is 0 Å². The number of urea groups is 1. The van der Waals surface area contributed by atoms with Gasteiger partial charge in [0.2, 0.25) is 5.91 Å². The van der Waals surface area contributed by atoms with E-state index in [-0.39, 0.29) is 24.5 Å². The van der Waals surface area contributed by atoms with Gasteiger partial charge in [-0.25, -0.2) is 4.79 Å². The first kappa shape index (κ1) is 29.6. The number of anilines is 1. The molecule has 0 spiro atoms. The van der Waals surface area contributed by atoms with Crippen molar-refractivity contribution in [2.75, 3.05) is 51.8 Å². The normalized spacial score (nSPS) is 14.3. The predicted molar refractivity (Wildman–Crippen MR) is 159 cm³/mol. The molecule has 218 valence electrons. The maximum Gasteiger partial charge on any atom is 0.318 e. The molecule has 3 aromatic rings. The van der Waals surface area contributed by atoms with Gasteiger partial charge >= 0.3 is 6.03 Å². The zero-order valence-electron chi connectivity index (χ0n) is 24.8. The maximum atomic E-state index is 13.4. The van der Waals surface area contributed by atoms with Crippen molar-refractivity contribution in [1.29, 1.82) is 0 Å². The van der Waals surface area contributed by atoms with Crippen LogP contribution in [0.25, 0.3) is 11.3 Å². The molecule has 10 nitrogen and oxygen atoms in total. The number of piperazine rings is 1. The van der Waals surface area contributed by atoms with Crippen molar-refractivity contribution >= 4 is 17.8 Å². The molecule has 1 aliphatic rings. The third-order valence-electron chi connectivity index (χ3n) is 7.08. The highest BCUT2D eigenvalue weighted by Crippen LogP contribution is 2.31. The van der Waals surface area contributed by atoms with Crippen LogP contribution in [0.4, 0.5) is 10.6 Å². The highest BCUT2D eigenvalue weighted by atomic mass is 16.5. The molecule has 10 heteroatoms. The summed E-state index contributed by atoms with van der Waals surface area (Å²) < 4.78 is 10.7. The molecule has 3 amide bonds. The number of nitrogens with zero attached hydrogens (tertiary/aromatic N) is 5. The van der Waals surface area contributed by atoms with Crippen LogP contribution in [-0.4, -0.2) is 84.4 Å². The smallest absolute Gasteiger partial charge is 0.318 e. The summed E-state index contributed by atoms with van der Waals surface area (Å²) >= 11 is 0. The summed E-state index contributed by atoms with van der Waals surface area (Å²) in [4.78, 5) is 32.2. The van der Waals surface area contributed by atoms with Crippen molar-refractivity contribution < 1.29 is 19.1 Å². The van der Waals surface area contributed by atoms with Crippen LogP contribution in [-0.2, 0) is 4.79 Å². The largest absolute Gasteiger partial charge is 0.493 e. The Morgan fingerprint density at radius 2 is 1.61 bits per heavy atom. The molecule has 1 fully saturated rings. The van der Waals surface area contributed by atoms with E-state index in [1.54, 1.807) is 19.1 Å². The van der Waals surface area contributed by atoms with E-state index >= 15 is 0 Å². The zero-order chi connectivity index (χ0) is 29.6. The molecular weight excluding hydrogens is 520 g/mol. The first-order valence-corrected chi connectivity index (χ1v) is 13.8. The number of amides is 3. The topological polar surface area (TPSA) is 100 Å². The number of ether oxygens (including phenoxy) is 2. The Morgan fingerprint density at radius 3 is 2.20 bits per heavy atom. The summed E-state index contributed by atoms with van der Waals surface area (Å²) in [6.07, 6.45) is 0. The molecule has 41 heavy (non-hydrogen) atoms. The molecule has 1 aromatic heterocycles. The Bertz CT molecular complexity index is 1320. The summed E-state index contributed by atoms with van der Waals surface area (Å²) in [6, 6.07) is 18.7.